The molecule has 0 amide bonds. The van der Waals surface area contributed by atoms with Crippen LogP contribution in [0, 0.1) is 18.8 Å². The molecular weight excluding hydrogens is 264 g/mol. The molecule has 4 heteroatoms. The first kappa shape index (κ1) is 13.4. The Balaban J connectivity index is 2.18. The predicted molar refractivity (Wildman–Crippen MR) is 84.1 cm³/mol. The van der Waals surface area contributed by atoms with Gasteiger partial charge >= 0.3 is 0 Å². The van der Waals surface area contributed by atoms with Crippen molar-refractivity contribution in [1.82, 2.24) is 4.57 Å². The van der Waals surface area contributed by atoms with Gasteiger partial charge in [0.2, 0.25) is 5.88 Å². The van der Waals surface area contributed by atoms with Crippen molar-refractivity contribution < 1.29 is 5.11 Å². The highest BCUT2D eigenvalue weighted by Gasteiger charge is 2.17. The molecule has 1 aromatic heterocycles. The number of fused-ring (bicyclic) bond motifs is 1. The molecule has 4 nitrogen and oxygen atoms in total. The molecule has 3 aromatic rings. The van der Waals surface area contributed by atoms with Gasteiger partial charge in [0, 0.05) is 5.39 Å². The van der Waals surface area contributed by atoms with Crippen LogP contribution < -0.4 is 0 Å². The van der Waals surface area contributed by atoms with Crippen molar-refractivity contribution in [2.24, 2.45) is 5.18 Å². The van der Waals surface area contributed by atoms with Crippen molar-refractivity contribution in [3.05, 3.63) is 64.1 Å². The van der Waals surface area contributed by atoms with Crippen LogP contribution in [0.1, 0.15) is 16.7 Å². The first-order valence-corrected chi connectivity index (χ1v) is 6.81. The molecule has 0 saturated heterocycles. The van der Waals surface area contributed by atoms with Gasteiger partial charge in [0.25, 0.3) is 0 Å². The second-order valence-electron chi connectivity index (χ2n) is 5.36. The summed E-state index contributed by atoms with van der Waals surface area (Å²) in [6.45, 7) is 4.48. The molecular formula is C17H16N2O2. The van der Waals surface area contributed by atoms with Crippen LogP contribution in [0.4, 0.5) is 5.69 Å². The van der Waals surface area contributed by atoms with Gasteiger partial charge in [0.1, 0.15) is 0 Å². The highest BCUT2D eigenvalue weighted by atomic mass is 16.3. The second kappa shape index (κ2) is 5.05. The Bertz CT molecular complexity index is 834. The molecule has 0 fully saturated rings. The average Bonchev–Trinajstić information content (AvgIpc) is 2.70. The summed E-state index contributed by atoms with van der Waals surface area (Å²) in [5.41, 5.74) is 4.18. The SMILES string of the molecule is Cc1cccc(Cn2c(O)c(N=O)c3cc(C)ccc32)c1. The van der Waals surface area contributed by atoms with E-state index < -0.39 is 0 Å². The number of hydrogen-bond acceptors (Lipinski definition) is 3. The van der Waals surface area contributed by atoms with Gasteiger partial charge in [-0.2, -0.15) is 0 Å². The fourth-order valence-electron chi connectivity index (χ4n) is 2.68. The van der Waals surface area contributed by atoms with Crippen LogP contribution in [0.5, 0.6) is 5.88 Å². The number of aryl methyl sites for hydroxylation is 2. The van der Waals surface area contributed by atoms with Crippen LogP contribution in [-0.2, 0) is 6.54 Å². The Morgan fingerprint density at radius 1 is 1.10 bits per heavy atom. The second-order valence-corrected chi connectivity index (χ2v) is 5.36. The highest BCUT2D eigenvalue weighted by molar-refractivity contribution is 5.95. The van der Waals surface area contributed by atoms with Crippen molar-refractivity contribution in [1.29, 1.82) is 0 Å². The molecule has 0 aliphatic heterocycles. The minimum absolute atomic E-state index is 0.0768. The molecule has 3 rings (SSSR count). The summed E-state index contributed by atoms with van der Waals surface area (Å²) in [6.07, 6.45) is 0. The lowest BCUT2D eigenvalue weighted by atomic mass is 10.1. The normalized spacial score (nSPS) is 11.0. The minimum Gasteiger partial charge on any atom is -0.493 e. The Kier molecular flexibility index (Phi) is 3.22. The molecule has 21 heavy (non-hydrogen) atoms. The zero-order valence-corrected chi connectivity index (χ0v) is 12.0. The number of benzene rings is 2. The van der Waals surface area contributed by atoms with Crippen molar-refractivity contribution >= 4 is 16.6 Å². The summed E-state index contributed by atoms with van der Waals surface area (Å²) in [4.78, 5) is 11.0. The van der Waals surface area contributed by atoms with Gasteiger partial charge in [-0.3, -0.25) is 0 Å². The van der Waals surface area contributed by atoms with Crippen molar-refractivity contribution in [3.63, 3.8) is 0 Å². The number of rotatable bonds is 3. The van der Waals surface area contributed by atoms with Crippen molar-refractivity contribution in [3.8, 4) is 5.88 Å². The van der Waals surface area contributed by atoms with Gasteiger partial charge < -0.3 is 9.67 Å². The first-order valence-electron chi connectivity index (χ1n) is 6.81. The standard InChI is InChI=1S/C17H16N2O2/c1-11-4-3-5-13(8-11)10-19-15-7-6-12(2)9-14(15)16(18-21)17(19)20/h3-9,20H,10H2,1-2H3. The fourth-order valence-corrected chi connectivity index (χ4v) is 2.68. The van der Waals surface area contributed by atoms with E-state index in [0.717, 1.165) is 22.2 Å². The summed E-state index contributed by atoms with van der Waals surface area (Å²) in [5.74, 6) is -0.0768. The van der Waals surface area contributed by atoms with E-state index in [-0.39, 0.29) is 11.6 Å². The summed E-state index contributed by atoms with van der Waals surface area (Å²) >= 11 is 0. The molecule has 0 aliphatic rings. The Morgan fingerprint density at radius 3 is 2.57 bits per heavy atom. The van der Waals surface area contributed by atoms with Crippen LogP contribution in [0.15, 0.2) is 47.6 Å². The zero-order chi connectivity index (χ0) is 15.0. The van der Waals surface area contributed by atoms with E-state index in [1.807, 2.05) is 50.2 Å². The molecule has 0 radical (unpaired) electrons. The summed E-state index contributed by atoms with van der Waals surface area (Å²) in [6, 6.07) is 13.8. The number of aromatic nitrogens is 1. The van der Waals surface area contributed by atoms with E-state index in [0.29, 0.717) is 11.9 Å². The minimum atomic E-state index is -0.0768. The molecule has 2 aromatic carbocycles. The maximum atomic E-state index is 11.0. The van der Waals surface area contributed by atoms with Gasteiger partial charge in [-0.25, -0.2) is 0 Å². The summed E-state index contributed by atoms with van der Waals surface area (Å²) in [7, 11) is 0. The van der Waals surface area contributed by atoms with E-state index in [1.54, 1.807) is 4.57 Å². The Morgan fingerprint density at radius 2 is 1.86 bits per heavy atom. The number of hydrogen-bond donors (Lipinski definition) is 1. The van der Waals surface area contributed by atoms with E-state index in [2.05, 4.69) is 11.2 Å². The van der Waals surface area contributed by atoms with E-state index in [1.165, 1.54) is 0 Å². The maximum Gasteiger partial charge on any atom is 0.222 e. The zero-order valence-electron chi connectivity index (χ0n) is 12.0. The third kappa shape index (κ3) is 2.29. The maximum absolute atomic E-state index is 11.0. The van der Waals surface area contributed by atoms with Crippen LogP contribution >= 0.6 is 0 Å². The molecule has 106 valence electrons. The Labute approximate surface area is 122 Å². The van der Waals surface area contributed by atoms with Crippen LogP contribution in [-0.4, -0.2) is 9.67 Å². The summed E-state index contributed by atoms with van der Waals surface area (Å²) < 4.78 is 1.72. The molecule has 0 spiro atoms. The van der Waals surface area contributed by atoms with Gasteiger partial charge in [-0.15, -0.1) is 4.91 Å². The first-order chi connectivity index (χ1) is 10.1. The van der Waals surface area contributed by atoms with Crippen LogP contribution in [0.2, 0.25) is 0 Å². The predicted octanol–water partition coefficient (Wildman–Crippen LogP) is 4.41. The van der Waals surface area contributed by atoms with Crippen molar-refractivity contribution in [2.45, 2.75) is 20.4 Å². The van der Waals surface area contributed by atoms with Crippen LogP contribution in [0.25, 0.3) is 10.9 Å². The lowest BCUT2D eigenvalue weighted by Crippen LogP contribution is -1.99. The Hall–Kier alpha value is -2.62. The number of aromatic hydroxyl groups is 1. The number of nitroso groups, excluding NO2 is 1. The molecule has 1 N–H and O–H groups in total. The lowest BCUT2D eigenvalue weighted by molar-refractivity contribution is 0.430. The average molecular weight is 280 g/mol. The highest BCUT2D eigenvalue weighted by Crippen LogP contribution is 2.39. The van der Waals surface area contributed by atoms with E-state index in [9.17, 15) is 10.0 Å². The number of nitrogens with zero attached hydrogens (tertiary/aromatic N) is 2. The third-order valence-electron chi connectivity index (χ3n) is 3.68. The monoisotopic (exact) mass is 280 g/mol. The van der Waals surface area contributed by atoms with Gasteiger partial charge in [-0.1, -0.05) is 41.5 Å². The molecule has 1 heterocycles. The molecule has 0 atom stereocenters. The van der Waals surface area contributed by atoms with Gasteiger partial charge in [0.05, 0.1) is 12.1 Å². The van der Waals surface area contributed by atoms with Gasteiger partial charge in [-0.05, 0) is 36.7 Å². The van der Waals surface area contributed by atoms with Gasteiger partial charge in [0.15, 0.2) is 5.69 Å². The topological polar surface area (TPSA) is 54.6 Å². The largest absolute Gasteiger partial charge is 0.493 e. The molecule has 0 unspecified atom stereocenters. The summed E-state index contributed by atoms with van der Waals surface area (Å²) in [5, 5.41) is 14.0. The van der Waals surface area contributed by atoms with E-state index in [4.69, 9.17) is 0 Å². The van der Waals surface area contributed by atoms with Crippen LogP contribution in [0.3, 0.4) is 0 Å². The molecule has 0 aliphatic carbocycles. The smallest absolute Gasteiger partial charge is 0.222 e. The van der Waals surface area contributed by atoms with E-state index >= 15 is 0 Å². The lowest BCUT2D eigenvalue weighted by Gasteiger charge is -2.08. The third-order valence-corrected chi connectivity index (χ3v) is 3.68. The molecule has 0 bridgehead atoms. The van der Waals surface area contributed by atoms with Crippen molar-refractivity contribution in [2.75, 3.05) is 0 Å². The molecule has 0 saturated carbocycles. The fraction of sp³-hybridized carbons (Fsp3) is 0.176. The quantitative estimate of drug-likeness (QED) is 0.722.